The number of nitrogens with one attached hydrogen (secondary N) is 1. The highest BCUT2D eigenvalue weighted by atomic mass is 16.5. The average molecular weight is 263 g/mol. The fourth-order valence-corrected chi connectivity index (χ4v) is 2.34. The summed E-state index contributed by atoms with van der Waals surface area (Å²) in [6.07, 6.45) is 5.37. The highest BCUT2D eigenvalue weighted by molar-refractivity contribution is 5.94. The Morgan fingerprint density at radius 2 is 2.26 bits per heavy atom. The maximum Gasteiger partial charge on any atom is 0.341 e. The van der Waals surface area contributed by atoms with Crippen molar-refractivity contribution < 1.29 is 9.53 Å². The normalized spacial score (nSPS) is 15.4. The number of likely N-dealkylation sites (tertiary alicyclic amines) is 1. The van der Waals surface area contributed by atoms with Crippen molar-refractivity contribution in [3.8, 4) is 0 Å². The molecule has 1 N–H and O–H groups in total. The zero-order valence-electron chi connectivity index (χ0n) is 11.4. The second-order valence-electron chi connectivity index (χ2n) is 4.72. The molecule has 19 heavy (non-hydrogen) atoms. The van der Waals surface area contributed by atoms with Crippen molar-refractivity contribution >= 4 is 11.8 Å². The number of rotatable bonds is 6. The van der Waals surface area contributed by atoms with Crippen molar-refractivity contribution in [2.45, 2.75) is 19.3 Å². The van der Waals surface area contributed by atoms with E-state index in [2.05, 4.69) is 15.2 Å². The van der Waals surface area contributed by atoms with Crippen LogP contribution in [0.1, 0.15) is 29.6 Å². The smallest absolute Gasteiger partial charge is 0.341 e. The number of hydrogen-bond acceptors (Lipinski definition) is 5. The molecule has 0 amide bonds. The predicted molar refractivity (Wildman–Crippen MR) is 74.4 cm³/mol. The molecule has 0 bridgehead atoms. The number of aromatic nitrogens is 1. The lowest BCUT2D eigenvalue weighted by Crippen LogP contribution is -2.22. The van der Waals surface area contributed by atoms with Crippen LogP contribution >= 0.6 is 0 Å². The van der Waals surface area contributed by atoms with Crippen LogP contribution in [-0.2, 0) is 4.74 Å². The highest BCUT2D eigenvalue weighted by Crippen LogP contribution is 2.13. The van der Waals surface area contributed by atoms with Crippen LogP contribution in [0, 0.1) is 0 Å². The van der Waals surface area contributed by atoms with Crippen LogP contribution < -0.4 is 5.32 Å². The van der Waals surface area contributed by atoms with Gasteiger partial charge in [-0.25, -0.2) is 9.78 Å². The third kappa shape index (κ3) is 3.92. The van der Waals surface area contributed by atoms with Gasteiger partial charge in [0.15, 0.2) is 0 Å². The molecular formula is C14H21N3O2. The van der Waals surface area contributed by atoms with Gasteiger partial charge < -0.3 is 15.0 Å². The first kappa shape index (κ1) is 13.8. The minimum Gasteiger partial charge on any atom is -0.465 e. The van der Waals surface area contributed by atoms with E-state index in [1.54, 1.807) is 18.3 Å². The lowest BCUT2D eigenvalue weighted by molar-refractivity contribution is 0.0601. The van der Waals surface area contributed by atoms with Crippen LogP contribution in [0.25, 0.3) is 0 Å². The Morgan fingerprint density at radius 3 is 3.00 bits per heavy atom. The Kier molecular flexibility index (Phi) is 5.15. The summed E-state index contributed by atoms with van der Waals surface area (Å²) in [5.74, 6) is 0.255. The van der Waals surface area contributed by atoms with E-state index in [4.69, 9.17) is 4.74 Å². The molecule has 1 fully saturated rings. The summed E-state index contributed by atoms with van der Waals surface area (Å²) in [5, 5.41) is 3.21. The minimum absolute atomic E-state index is 0.352. The molecule has 1 aliphatic rings. The predicted octanol–water partition coefficient (Wildman–Crippen LogP) is 1.77. The number of carbonyl (C=O) groups excluding carboxylic acids is 1. The quantitative estimate of drug-likeness (QED) is 0.626. The minimum atomic E-state index is -0.352. The third-order valence-corrected chi connectivity index (χ3v) is 3.36. The first-order chi connectivity index (χ1) is 9.31. The van der Waals surface area contributed by atoms with E-state index in [0.717, 1.165) is 19.5 Å². The molecule has 0 radical (unpaired) electrons. The van der Waals surface area contributed by atoms with Crippen LogP contribution in [0.3, 0.4) is 0 Å². The molecule has 5 nitrogen and oxygen atoms in total. The lowest BCUT2D eigenvalue weighted by Gasteiger charge is -2.15. The summed E-state index contributed by atoms with van der Waals surface area (Å²) in [6.45, 7) is 4.36. The molecule has 0 aliphatic carbocycles. The molecule has 1 aromatic heterocycles. The molecule has 0 unspecified atom stereocenters. The van der Waals surface area contributed by atoms with Gasteiger partial charge in [-0.3, -0.25) is 0 Å². The van der Waals surface area contributed by atoms with Gasteiger partial charge in [-0.15, -0.1) is 0 Å². The molecule has 5 heteroatoms. The molecule has 0 aromatic carbocycles. The summed E-state index contributed by atoms with van der Waals surface area (Å²) in [5.41, 5.74) is 0.492. The Balaban J connectivity index is 1.80. The maximum atomic E-state index is 11.6. The first-order valence-electron chi connectivity index (χ1n) is 6.81. The first-order valence-corrected chi connectivity index (χ1v) is 6.81. The summed E-state index contributed by atoms with van der Waals surface area (Å²) >= 11 is 0. The van der Waals surface area contributed by atoms with Crippen LogP contribution in [0.5, 0.6) is 0 Å². The number of carbonyl (C=O) groups is 1. The number of anilines is 1. The van der Waals surface area contributed by atoms with Crippen molar-refractivity contribution in [2.75, 3.05) is 38.6 Å². The molecule has 104 valence electrons. The SMILES string of the molecule is COC(=O)c1cccnc1NCCCN1CCCC1. The van der Waals surface area contributed by atoms with Gasteiger partial charge in [-0.2, -0.15) is 0 Å². The second kappa shape index (κ2) is 7.09. The maximum absolute atomic E-state index is 11.6. The molecule has 1 aromatic rings. The highest BCUT2D eigenvalue weighted by Gasteiger charge is 2.13. The average Bonchev–Trinajstić information content (AvgIpc) is 2.96. The summed E-state index contributed by atoms with van der Waals surface area (Å²) in [7, 11) is 1.38. The summed E-state index contributed by atoms with van der Waals surface area (Å²) in [6, 6.07) is 3.46. The summed E-state index contributed by atoms with van der Waals surface area (Å²) in [4.78, 5) is 18.2. The van der Waals surface area contributed by atoms with Gasteiger partial charge in [0.2, 0.25) is 0 Å². The number of nitrogens with zero attached hydrogens (tertiary/aromatic N) is 2. The van der Waals surface area contributed by atoms with Crippen molar-refractivity contribution in [3.05, 3.63) is 23.9 Å². The Hall–Kier alpha value is -1.62. The van der Waals surface area contributed by atoms with E-state index in [9.17, 15) is 4.79 Å². The van der Waals surface area contributed by atoms with Gasteiger partial charge in [0.25, 0.3) is 0 Å². The van der Waals surface area contributed by atoms with Crippen molar-refractivity contribution in [1.82, 2.24) is 9.88 Å². The zero-order chi connectivity index (χ0) is 13.5. The van der Waals surface area contributed by atoms with E-state index in [0.29, 0.717) is 11.4 Å². The van der Waals surface area contributed by atoms with E-state index in [1.807, 2.05) is 0 Å². The fourth-order valence-electron chi connectivity index (χ4n) is 2.34. The molecule has 2 heterocycles. The third-order valence-electron chi connectivity index (χ3n) is 3.36. The molecule has 0 atom stereocenters. The van der Waals surface area contributed by atoms with E-state index in [-0.39, 0.29) is 5.97 Å². The van der Waals surface area contributed by atoms with Crippen molar-refractivity contribution in [2.24, 2.45) is 0 Å². The Bertz CT molecular complexity index is 417. The second-order valence-corrected chi connectivity index (χ2v) is 4.72. The van der Waals surface area contributed by atoms with Crippen molar-refractivity contribution in [3.63, 3.8) is 0 Å². The zero-order valence-corrected chi connectivity index (χ0v) is 11.4. The van der Waals surface area contributed by atoms with Crippen molar-refractivity contribution in [1.29, 1.82) is 0 Å². The largest absolute Gasteiger partial charge is 0.465 e. The van der Waals surface area contributed by atoms with E-state index < -0.39 is 0 Å². The topological polar surface area (TPSA) is 54.5 Å². The molecule has 1 aliphatic heterocycles. The number of esters is 1. The van der Waals surface area contributed by atoms with E-state index in [1.165, 1.54) is 33.0 Å². The summed E-state index contributed by atoms with van der Waals surface area (Å²) < 4.78 is 4.74. The molecular weight excluding hydrogens is 242 g/mol. The molecule has 0 saturated carbocycles. The number of hydrogen-bond donors (Lipinski definition) is 1. The molecule has 2 rings (SSSR count). The van der Waals surface area contributed by atoms with Gasteiger partial charge in [-0.1, -0.05) is 0 Å². The van der Waals surface area contributed by atoms with Crippen LogP contribution in [0.15, 0.2) is 18.3 Å². The number of methoxy groups -OCH3 is 1. The molecule has 1 saturated heterocycles. The Morgan fingerprint density at radius 1 is 1.47 bits per heavy atom. The fraction of sp³-hybridized carbons (Fsp3) is 0.571. The monoisotopic (exact) mass is 263 g/mol. The van der Waals surface area contributed by atoms with Gasteiger partial charge >= 0.3 is 5.97 Å². The van der Waals surface area contributed by atoms with Gasteiger partial charge in [0, 0.05) is 12.7 Å². The Labute approximate surface area is 114 Å². The van der Waals surface area contributed by atoms with Crippen LogP contribution in [0.4, 0.5) is 5.82 Å². The lowest BCUT2D eigenvalue weighted by atomic mass is 10.2. The number of ether oxygens (including phenoxy) is 1. The van der Waals surface area contributed by atoms with Crippen LogP contribution in [0.2, 0.25) is 0 Å². The van der Waals surface area contributed by atoms with E-state index >= 15 is 0 Å². The van der Waals surface area contributed by atoms with Crippen LogP contribution in [-0.4, -0.2) is 49.1 Å². The number of pyridine rings is 1. The van der Waals surface area contributed by atoms with Gasteiger partial charge in [0.05, 0.1) is 7.11 Å². The standard InChI is InChI=1S/C14H21N3O2/c1-19-14(18)12-6-4-7-15-13(12)16-8-5-11-17-9-2-3-10-17/h4,6-7H,2-3,5,8-11H2,1H3,(H,15,16). The molecule has 0 spiro atoms. The van der Waals surface area contributed by atoms with Gasteiger partial charge in [0.1, 0.15) is 11.4 Å². The van der Waals surface area contributed by atoms with Gasteiger partial charge in [-0.05, 0) is 51.0 Å².